The molecule has 0 aliphatic carbocycles. The number of hydrogen-bond donors (Lipinski definition) is 2. The number of sulfone groups is 1. The highest BCUT2D eigenvalue weighted by Crippen LogP contribution is 2.25. The van der Waals surface area contributed by atoms with Gasteiger partial charge in [-0.3, -0.25) is 5.41 Å². The summed E-state index contributed by atoms with van der Waals surface area (Å²) >= 11 is 0. The number of nitrogen functional groups attached to an aromatic ring is 1. The molecule has 6 heteroatoms. The van der Waals surface area contributed by atoms with E-state index in [4.69, 9.17) is 15.9 Å². The fourth-order valence-electron chi connectivity index (χ4n) is 1.89. The molecule has 0 bridgehead atoms. The van der Waals surface area contributed by atoms with Crippen molar-refractivity contribution in [1.82, 2.24) is 0 Å². The summed E-state index contributed by atoms with van der Waals surface area (Å²) in [6, 6.07) is 3.53. The van der Waals surface area contributed by atoms with Gasteiger partial charge in [0.1, 0.15) is 18.2 Å². The van der Waals surface area contributed by atoms with Gasteiger partial charge >= 0.3 is 0 Å². The highest BCUT2D eigenvalue weighted by Gasteiger charge is 2.28. The van der Waals surface area contributed by atoms with Crippen molar-refractivity contribution in [3.63, 3.8) is 0 Å². The molecule has 3 N–H and O–H groups in total. The lowest BCUT2D eigenvalue weighted by atomic mass is 10.1. The van der Waals surface area contributed by atoms with E-state index in [2.05, 4.69) is 0 Å². The molecule has 0 aliphatic heterocycles. The molecule has 1 aromatic carbocycles. The Hall–Kier alpha value is -1.56. The van der Waals surface area contributed by atoms with E-state index in [1.165, 1.54) is 0 Å². The standard InChI is InChI=1S/C15H24N2O3S/c1-10-8-12(14(16)17)9-11(2)13(10)20-6-7-21(18,19)15(3,4)5/h8-9H,6-7H2,1-5H3,(H3,16,17). The van der Waals surface area contributed by atoms with Crippen LogP contribution in [0.2, 0.25) is 0 Å². The molecule has 1 aromatic rings. The minimum atomic E-state index is -3.19. The van der Waals surface area contributed by atoms with Crippen LogP contribution < -0.4 is 10.5 Å². The van der Waals surface area contributed by atoms with E-state index < -0.39 is 14.6 Å². The first kappa shape index (κ1) is 17.5. The Morgan fingerprint density at radius 2 is 1.71 bits per heavy atom. The smallest absolute Gasteiger partial charge is 0.158 e. The van der Waals surface area contributed by atoms with Gasteiger partial charge < -0.3 is 10.5 Å². The molecule has 0 unspecified atom stereocenters. The zero-order chi connectivity index (χ0) is 16.4. The van der Waals surface area contributed by atoms with E-state index in [-0.39, 0.29) is 18.2 Å². The summed E-state index contributed by atoms with van der Waals surface area (Å²) in [6.07, 6.45) is 0. The first-order chi connectivity index (χ1) is 9.45. The van der Waals surface area contributed by atoms with Crippen LogP contribution in [-0.4, -0.2) is 31.4 Å². The number of ether oxygens (including phenoxy) is 1. The number of aryl methyl sites for hydroxylation is 2. The Balaban J connectivity index is 2.85. The van der Waals surface area contributed by atoms with Gasteiger partial charge in [-0.2, -0.15) is 0 Å². The molecule has 1 rings (SSSR count). The average molecular weight is 312 g/mol. The average Bonchev–Trinajstić information content (AvgIpc) is 2.30. The Morgan fingerprint density at radius 3 is 2.10 bits per heavy atom. The van der Waals surface area contributed by atoms with Crippen LogP contribution in [0.15, 0.2) is 12.1 Å². The molecule has 0 aromatic heterocycles. The molecule has 21 heavy (non-hydrogen) atoms. The lowest BCUT2D eigenvalue weighted by molar-refractivity contribution is 0.335. The van der Waals surface area contributed by atoms with Crippen LogP contribution in [0.1, 0.15) is 37.5 Å². The molecule has 0 amide bonds. The molecule has 0 radical (unpaired) electrons. The highest BCUT2D eigenvalue weighted by molar-refractivity contribution is 7.92. The second-order valence-corrected chi connectivity index (χ2v) is 9.00. The van der Waals surface area contributed by atoms with Crippen molar-refractivity contribution in [2.45, 2.75) is 39.4 Å². The minimum absolute atomic E-state index is 0.00283. The van der Waals surface area contributed by atoms with Crippen LogP contribution >= 0.6 is 0 Å². The molecule has 0 aliphatic rings. The third kappa shape index (κ3) is 4.20. The minimum Gasteiger partial charge on any atom is -0.492 e. The summed E-state index contributed by atoms with van der Waals surface area (Å²) in [7, 11) is -3.19. The van der Waals surface area contributed by atoms with Crippen LogP contribution in [0, 0.1) is 19.3 Å². The summed E-state index contributed by atoms with van der Waals surface area (Å²) in [4.78, 5) is 0. The Morgan fingerprint density at radius 1 is 1.24 bits per heavy atom. The largest absolute Gasteiger partial charge is 0.492 e. The molecule has 0 atom stereocenters. The number of hydrogen-bond acceptors (Lipinski definition) is 4. The van der Waals surface area contributed by atoms with Gasteiger partial charge in [-0.05, 0) is 57.9 Å². The van der Waals surface area contributed by atoms with Gasteiger partial charge in [-0.15, -0.1) is 0 Å². The maximum atomic E-state index is 12.0. The van der Waals surface area contributed by atoms with E-state index in [9.17, 15) is 8.42 Å². The normalized spacial score (nSPS) is 12.2. The topological polar surface area (TPSA) is 93.2 Å². The van der Waals surface area contributed by atoms with Crippen LogP contribution in [0.4, 0.5) is 0 Å². The van der Waals surface area contributed by atoms with Gasteiger partial charge in [-0.25, -0.2) is 8.42 Å². The van der Waals surface area contributed by atoms with Crippen molar-refractivity contribution in [2.75, 3.05) is 12.4 Å². The molecule has 0 spiro atoms. The van der Waals surface area contributed by atoms with E-state index in [1.54, 1.807) is 32.9 Å². The fraction of sp³-hybridized carbons (Fsp3) is 0.533. The Labute approximate surface area is 126 Å². The zero-order valence-corrected chi connectivity index (χ0v) is 14.1. The predicted octanol–water partition coefficient (Wildman–Crippen LogP) is 2.18. The summed E-state index contributed by atoms with van der Waals surface area (Å²) in [5, 5.41) is 7.45. The molecule has 0 heterocycles. The van der Waals surface area contributed by atoms with E-state index in [0.717, 1.165) is 11.1 Å². The SMILES string of the molecule is Cc1cc(C(=N)N)cc(C)c1OCCS(=O)(=O)C(C)(C)C. The lowest BCUT2D eigenvalue weighted by Crippen LogP contribution is -2.32. The molecule has 5 nitrogen and oxygen atoms in total. The van der Waals surface area contributed by atoms with E-state index >= 15 is 0 Å². The quantitative estimate of drug-likeness (QED) is 0.643. The van der Waals surface area contributed by atoms with Crippen LogP contribution in [0.25, 0.3) is 0 Å². The molecule has 118 valence electrons. The molecule has 0 saturated carbocycles. The van der Waals surface area contributed by atoms with Gasteiger partial charge in [0.25, 0.3) is 0 Å². The van der Waals surface area contributed by atoms with Crippen molar-refractivity contribution < 1.29 is 13.2 Å². The summed E-state index contributed by atoms with van der Waals surface area (Å²) in [6.45, 7) is 8.86. The van der Waals surface area contributed by atoms with Gasteiger partial charge in [0.2, 0.25) is 0 Å². The second-order valence-electron chi connectivity index (χ2n) is 6.13. The number of nitrogens with one attached hydrogen (secondary N) is 1. The van der Waals surface area contributed by atoms with Crippen molar-refractivity contribution in [2.24, 2.45) is 5.73 Å². The first-order valence-electron chi connectivity index (χ1n) is 6.76. The summed E-state index contributed by atoms with van der Waals surface area (Å²) in [5.74, 6) is 0.635. The molecule has 0 fully saturated rings. The monoisotopic (exact) mass is 312 g/mol. The van der Waals surface area contributed by atoms with Crippen LogP contribution in [0.3, 0.4) is 0 Å². The van der Waals surface area contributed by atoms with E-state index in [0.29, 0.717) is 11.3 Å². The third-order valence-electron chi connectivity index (χ3n) is 3.30. The van der Waals surface area contributed by atoms with Crippen molar-refractivity contribution >= 4 is 15.7 Å². The van der Waals surface area contributed by atoms with Crippen LogP contribution in [0.5, 0.6) is 5.75 Å². The second kappa shape index (κ2) is 6.05. The van der Waals surface area contributed by atoms with Gasteiger partial charge in [0, 0.05) is 5.56 Å². The molecule has 0 saturated heterocycles. The van der Waals surface area contributed by atoms with Gasteiger partial charge in [-0.1, -0.05) is 0 Å². The maximum absolute atomic E-state index is 12.0. The van der Waals surface area contributed by atoms with E-state index in [1.807, 2.05) is 13.8 Å². The summed E-state index contributed by atoms with van der Waals surface area (Å²) < 4.78 is 28.9. The first-order valence-corrected chi connectivity index (χ1v) is 8.41. The highest BCUT2D eigenvalue weighted by atomic mass is 32.2. The lowest BCUT2D eigenvalue weighted by Gasteiger charge is -2.20. The van der Waals surface area contributed by atoms with Gasteiger partial charge in [0.15, 0.2) is 9.84 Å². The molecular formula is C15H24N2O3S. The van der Waals surface area contributed by atoms with Gasteiger partial charge in [0.05, 0.1) is 10.5 Å². The number of rotatable bonds is 5. The number of amidine groups is 1. The Bertz CT molecular complexity index is 620. The predicted molar refractivity (Wildman–Crippen MR) is 86.0 cm³/mol. The molecular weight excluding hydrogens is 288 g/mol. The third-order valence-corrected chi connectivity index (χ3v) is 5.87. The maximum Gasteiger partial charge on any atom is 0.158 e. The Kier molecular flexibility index (Phi) is 5.04. The zero-order valence-electron chi connectivity index (χ0n) is 13.3. The summed E-state index contributed by atoms with van der Waals surface area (Å²) in [5.41, 5.74) is 7.79. The van der Waals surface area contributed by atoms with Crippen LogP contribution in [-0.2, 0) is 9.84 Å². The van der Waals surface area contributed by atoms with Crippen molar-refractivity contribution in [3.8, 4) is 5.75 Å². The number of benzene rings is 1. The number of nitrogens with two attached hydrogens (primary N) is 1. The van der Waals surface area contributed by atoms with Crippen molar-refractivity contribution in [3.05, 3.63) is 28.8 Å². The van der Waals surface area contributed by atoms with Crippen molar-refractivity contribution in [1.29, 1.82) is 5.41 Å². The fourth-order valence-corrected chi connectivity index (χ4v) is 2.81.